The van der Waals surface area contributed by atoms with Gasteiger partial charge in [0.05, 0.1) is 4.90 Å². The number of Topliss-reactive ketones (excluding diaryl/α,β-unsaturated/α-hetero) is 1. The van der Waals surface area contributed by atoms with Crippen molar-refractivity contribution in [3.8, 4) is 0 Å². The maximum absolute atomic E-state index is 13.2. The van der Waals surface area contributed by atoms with Crippen molar-refractivity contribution >= 4 is 33.4 Å². The number of carbonyl (C=O) groups excluding carboxylic acids is 3. The fourth-order valence-corrected chi connectivity index (χ4v) is 5.48. The summed E-state index contributed by atoms with van der Waals surface area (Å²) >= 11 is 0. The van der Waals surface area contributed by atoms with Gasteiger partial charge in [-0.3, -0.25) is 14.4 Å². The molecule has 8 nitrogen and oxygen atoms in total. The van der Waals surface area contributed by atoms with E-state index >= 15 is 0 Å². The first-order valence-electron chi connectivity index (χ1n) is 11.3. The molecule has 1 atom stereocenters. The Morgan fingerprint density at radius 1 is 1.09 bits per heavy atom. The van der Waals surface area contributed by atoms with E-state index < -0.39 is 34.5 Å². The Kier molecular flexibility index (Phi) is 8.22. The van der Waals surface area contributed by atoms with Crippen LogP contribution in [0, 0.1) is 0 Å². The number of nitrogens with one attached hydrogen (secondary N) is 1. The molecule has 1 heterocycles. The number of ether oxygens (including phenoxy) is 1. The van der Waals surface area contributed by atoms with Crippen molar-refractivity contribution in [2.45, 2.75) is 56.9 Å². The minimum absolute atomic E-state index is 0.0000210. The molecule has 0 aliphatic carbocycles. The topological polar surface area (TPSA) is 110 Å². The van der Waals surface area contributed by atoms with E-state index in [4.69, 9.17) is 4.74 Å². The number of anilines is 1. The van der Waals surface area contributed by atoms with Crippen molar-refractivity contribution < 1.29 is 27.5 Å². The molecule has 1 aliphatic rings. The van der Waals surface area contributed by atoms with Gasteiger partial charge in [0, 0.05) is 17.8 Å². The molecule has 1 fully saturated rings. The summed E-state index contributed by atoms with van der Waals surface area (Å²) in [5, 5.41) is 2.70. The number of rotatable bonds is 8. The molecule has 2 aromatic rings. The number of sulfonamides is 1. The van der Waals surface area contributed by atoms with Crippen LogP contribution in [-0.2, 0) is 24.3 Å². The highest BCUT2D eigenvalue weighted by molar-refractivity contribution is 7.89. The number of carbonyl (C=O) groups is 3. The molecule has 0 bridgehead atoms. The lowest BCUT2D eigenvalue weighted by atomic mass is 10.0. The maximum atomic E-state index is 13.2. The highest BCUT2D eigenvalue weighted by Gasteiger charge is 2.38. The summed E-state index contributed by atoms with van der Waals surface area (Å²) in [5.74, 6) is -1.13. The molecule has 0 radical (unpaired) electrons. The summed E-state index contributed by atoms with van der Waals surface area (Å²) in [6.45, 7) is 5.15. The van der Waals surface area contributed by atoms with Crippen LogP contribution >= 0.6 is 0 Å². The van der Waals surface area contributed by atoms with Crippen LogP contribution in [0.2, 0.25) is 0 Å². The molecule has 34 heavy (non-hydrogen) atoms. The van der Waals surface area contributed by atoms with Crippen molar-refractivity contribution in [1.29, 1.82) is 0 Å². The molecule has 0 saturated carbocycles. The Balaban J connectivity index is 1.66. The average molecular weight is 487 g/mol. The van der Waals surface area contributed by atoms with Crippen molar-refractivity contribution in [1.82, 2.24) is 4.31 Å². The highest BCUT2D eigenvalue weighted by Crippen LogP contribution is 2.26. The van der Waals surface area contributed by atoms with Crippen molar-refractivity contribution in [2.75, 3.05) is 18.5 Å². The predicted molar refractivity (Wildman–Crippen MR) is 128 cm³/mol. The molecule has 1 saturated heterocycles. The standard InChI is InChI=1S/C25H30N2O6S/c1-17(2)20-7-6-8-21(15-20)26-24(29)16-33-25(30)23-9-4-5-14-27(23)34(31,32)22-12-10-19(11-13-22)18(3)28/h6-8,10-13,15,17,23H,4-5,9,14,16H2,1-3H3,(H,26,29). The SMILES string of the molecule is CC(=O)c1ccc(S(=O)(=O)N2CCCCC2C(=O)OCC(=O)Nc2cccc(C(C)C)c2)cc1. The van der Waals surface area contributed by atoms with Gasteiger partial charge in [-0.15, -0.1) is 0 Å². The second kappa shape index (κ2) is 10.9. The molecule has 0 spiro atoms. The van der Waals surface area contributed by atoms with E-state index in [9.17, 15) is 22.8 Å². The predicted octanol–water partition coefficient (Wildman–Crippen LogP) is 3.74. The molecule has 1 amide bonds. The Morgan fingerprint density at radius 2 is 1.79 bits per heavy atom. The fourth-order valence-electron chi connectivity index (χ4n) is 3.83. The van der Waals surface area contributed by atoms with Gasteiger partial charge in [0.1, 0.15) is 6.04 Å². The van der Waals surface area contributed by atoms with Gasteiger partial charge in [-0.1, -0.05) is 38.1 Å². The fraction of sp³-hybridized carbons (Fsp3) is 0.400. The third-order valence-corrected chi connectivity index (χ3v) is 7.70. The van der Waals surface area contributed by atoms with Crippen LogP contribution in [0.3, 0.4) is 0 Å². The van der Waals surface area contributed by atoms with Gasteiger partial charge in [0.25, 0.3) is 5.91 Å². The van der Waals surface area contributed by atoms with Gasteiger partial charge in [-0.2, -0.15) is 4.31 Å². The summed E-state index contributed by atoms with van der Waals surface area (Å²) < 4.78 is 32.7. The molecule has 3 rings (SSSR count). The first kappa shape index (κ1) is 25.6. The minimum Gasteiger partial charge on any atom is -0.454 e. The van der Waals surface area contributed by atoms with Gasteiger partial charge >= 0.3 is 5.97 Å². The number of esters is 1. The summed E-state index contributed by atoms with van der Waals surface area (Å²) in [7, 11) is -3.98. The lowest BCUT2D eigenvalue weighted by Gasteiger charge is -2.33. The van der Waals surface area contributed by atoms with E-state index in [1.807, 2.05) is 32.0 Å². The van der Waals surface area contributed by atoms with Gasteiger partial charge in [0.2, 0.25) is 10.0 Å². The van der Waals surface area contributed by atoms with Crippen LogP contribution in [0.15, 0.2) is 53.4 Å². The van der Waals surface area contributed by atoms with Gasteiger partial charge < -0.3 is 10.1 Å². The zero-order valence-corrected chi connectivity index (χ0v) is 20.4. The second-order valence-electron chi connectivity index (χ2n) is 8.64. The van der Waals surface area contributed by atoms with Crippen molar-refractivity contribution in [2.24, 2.45) is 0 Å². The Labute approximate surface area is 200 Å². The number of benzene rings is 2. The lowest BCUT2D eigenvalue weighted by Crippen LogP contribution is -2.48. The number of amides is 1. The average Bonchev–Trinajstić information content (AvgIpc) is 2.82. The first-order valence-corrected chi connectivity index (χ1v) is 12.7. The van der Waals surface area contributed by atoms with Crippen LogP contribution in [0.1, 0.15) is 61.9 Å². The molecule has 1 aliphatic heterocycles. The van der Waals surface area contributed by atoms with Crippen LogP contribution in [0.5, 0.6) is 0 Å². The largest absolute Gasteiger partial charge is 0.454 e. The number of hydrogen-bond donors (Lipinski definition) is 1. The van der Waals surface area contributed by atoms with Gasteiger partial charge in [-0.05, 0) is 61.9 Å². The third kappa shape index (κ3) is 6.09. The van der Waals surface area contributed by atoms with Gasteiger partial charge in [0.15, 0.2) is 12.4 Å². The summed E-state index contributed by atoms with van der Waals surface area (Å²) in [6, 6.07) is 12.0. The quantitative estimate of drug-likeness (QED) is 0.450. The zero-order valence-electron chi connectivity index (χ0n) is 19.6. The summed E-state index contributed by atoms with van der Waals surface area (Å²) in [5.41, 5.74) is 2.07. The van der Waals surface area contributed by atoms with E-state index in [-0.39, 0.29) is 17.2 Å². The summed E-state index contributed by atoms with van der Waals surface area (Å²) in [6.07, 6.45) is 1.59. The molecule has 1 unspecified atom stereocenters. The van der Waals surface area contributed by atoms with E-state index in [1.165, 1.54) is 31.2 Å². The summed E-state index contributed by atoms with van der Waals surface area (Å²) in [4.78, 5) is 36.6. The molecule has 9 heteroatoms. The van der Waals surface area contributed by atoms with Gasteiger partial charge in [-0.25, -0.2) is 8.42 Å². The molecular weight excluding hydrogens is 456 g/mol. The van der Waals surface area contributed by atoms with Crippen LogP contribution in [0.4, 0.5) is 5.69 Å². The first-order chi connectivity index (χ1) is 16.1. The Bertz CT molecular complexity index is 1160. The number of nitrogens with zero attached hydrogens (tertiary/aromatic N) is 1. The lowest BCUT2D eigenvalue weighted by molar-refractivity contribution is -0.152. The second-order valence-corrected chi connectivity index (χ2v) is 10.5. The van der Waals surface area contributed by atoms with Crippen LogP contribution in [-0.4, -0.2) is 49.6 Å². The smallest absolute Gasteiger partial charge is 0.324 e. The van der Waals surface area contributed by atoms with Crippen molar-refractivity contribution in [3.05, 3.63) is 59.7 Å². The Hall–Kier alpha value is -3.04. The number of piperidine rings is 1. The molecule has 182 valence electrons. The number of hydrogen-bond acceptors (Lipinski definition) is 6. The van der Waals surface area contributed by atoms with Crippen molar-refractivity contribution in [3.63, 3.8) is 0 Å². The number of ketones is 1. The molecule has 2 aromatic carbocycles. The van der Waals surface area contributed by atoms with E-state index in [0.29, 0.717) is 36.4 Å². The monoisotopic (exact) mass is 486 g/mol. The maximum Gasteiger partial charge on any atom is 0.324 e. The third-order valence-electron chi connectivity index (χ3n) is 5.78. The highest BCUT2D eigenvalue weighted by atomic mass is 32.2. The van der Waals surface area contributed by atoms with E-state index in [2.05, 4.69) is 5.32 Å². The van der Waals surface area contributed by atoms with E-state index in [0.717, 1.165) is 9.87 Å². The molecular formula is C25H30N2O6S. The van der Waals surface area contributed by atoms with E-state index in [1.54, 1.807) is 6.07 Å². The minimum atomic E-state index is -3.98. The normalized spacial score (nSPS) is 16.8. The molecule has 1 N–H and O–H groups in total. The van der Waals surface area contributed by atoms with Crippen LogP contribution in [0.25, 0.3) is 0 Å². The van der Waals surface area contributed by atoms with Crippen LogP contribution < -0.4 is 5.32 Å². The Morgan fingerprint density at radius 3 is 2.44 bits per heavy atom. The zero-order chi connectivity index (χ0) is 24.9. The molecule has 0 aromatic heterocycles.